The Balaban J connectivity index is 2.39. The molecule has 0 radical (unpaired) electrons. The fraction of sp³-hybridized carbons (Fsp3) is 0.500. The van der Waals surface area contributed by atoms with Crippen molar-refractivity contribution < 1.29 is 4.92 Å². The normalized spacial score (nSPS) is 19.9. The summed E-state index contributed by atoms with van der Waals surface area (Å²) in [6, 6.07) is 4.98. The molecule has 0 aliphatic carbocycles. The number of rotatable bonds is 3. The van der Waals surface area contributed by atoms with Gasteiger partial charge in [-0.2, -0.15) is 0 Å². The third-order valence-corrected chi connectivity index (χ3v) is 3.58. The molecule has 0 bridgehead atoms. The van der Waals surface area contributed by atoms with E-state index in [1.54, 1.807) is 12.1 Å². The summed E-state index contributed by atoms with van der Waals surface area (Å²) in [6.45, 7) is 1.32. The smallest absolute Gasteiger partial charge is 0.294 e. The number of nitrogens with zero attached hydrogens (tertiary/aromatic N) is 2. The third kappa shape index (κ3) is 2.57. The molecule has 98 valence electrons. The van der Waals surface area contributed by atoms with Gasteiger partial charge in [-0.3, -0.25) is 10.1 Å². The molecule has 1 fully saturated rings. The van der Waals surface area contributed by atoms with Gasteiger partial charge in [0, 0.05) is 30.2 Å². The molecule has 0 aromatic heterocycles. The third-order valence-electron chi connectivity index (χ3n) is 3.34. The van der Waals surface area contributed by atoms with Gasteiger partial charge in [0.25, 0.3) is 5.69 Å². The van der Waals surface area contributed by atoms with E-state index in [9.17, 15) is 10.1 Å². The number of hydrogen-bond acceptors (Lipinski definition) is 4. The van der Waals surface area contributed by atoms with Crippen molar-refractivity contribution in [2.75, 3.05) is 18.0 Å². The maximum absolute atomic E-state index is 11.1. The van der Waals surface area contributed by atoms with Gasteiger partial charge in [-0.05, 0) is 31.4 Å². The van der Waals surface area contributed by atoms with E-state index in [0.717, 1.165) is 25.8 Å². The summed E-state index contributed by atoms with van der Waals surface area (Å²) in [7, 11) is 0. The van der Waals surface area contributed by atoms with Crippen LogP contribution in [0, 0.1) is 10.1 Å². The minimum Gasteiger partial charge on any atom is -0.362 e. The van der Waals surface area contributed by atoms with E-state index in [1.165, 1.54) is 6.07 Å². The molecule has 0 saturated carbocycles. The van der Waals surface area contributed by atoms with Crippen LogP contribution < -0.4 is 10.6 Å². The molecule has 1 aliphatic rings. The molecule has 0 amide bonds. The Morgan fingerprint density at radius 1 is 1.50 bits per heavy atom. The van der Waals surface area contributed by atoms with E-state index >= 15 is 0 Å². The lowest BCUT2D eigenvalue weighted by molar-refractivity contribution is -0.384. The Bertz CT molecular complexity index is 453. The second kappa shape index (κ2) is 5.54. The van der Waals surface area contributed by atoms with Crippen molar-refractivity contribution >= 4 is 23.0 Å². The standard InChI is InChI=1S/C12H16ClN3O2/c13-9-4-5-11(12(7-9)16(17)18)15-6-2-1-3-10(15)8-14/h4-5,7,10H,1-3,6,8,14H2. The van der Waals surface area contributed by atoms with Crippen LogP contribution in [0.2, 0.25) is 5.02 Å². The largest absolute Gasteiger partial charge is 0.362 e. The van der Waals surface area contributed by atoms with Gasteiger partial charge in [-0.1, -0.05) is 11.6 Å². The van der Waals surface area contributed by atoms with Gasteiger partial charge in [-0.15, -0.1) is 0 Å². The molecule has 2 rings (SSSR count). The predicted octanol–water partition coefficient (Wildman–Crippen LogP) is 2.57. The summed E-state index contributed by atoms with van der Waals surface area (Å²) >= 11 is 5.82. The van der Waals surface area contributed by atoms with Crippen molar-refractivity contribution in [3.05, 3.63) is 33.3 Å². The minimum atomic E-state index is -0.386. The van der Waals surface area contributed by atoms with Crippen LogP contribution in [0.1, 0.15) is 19.3 Å². The molecule has 1 aliphatic heterocycles. The number of piperidine rings is 1. The molecule has 6 heteroatoms. The van der Waals surface area contributed by atoms with Gasteiger partial charge in [0.1, 0.15) is 5.69 Å². The molecule has 0 spiro atoms. The Labute approximate surface area is 111 Å². The van der Waals surface area contributed by atoms with Crippen LogP contribution in [0.4, 0.5) is 11.4 Å². The summed E-state index contributed by atoms with van der Waals surface area (Å²) in [5.74, 6) is 0. The highest BCUT2D eigenvalue weighted by atomic mass is 35.5. The number of halogens is 1. The van der Waals surface area contributed by atoms with E-state index in [1.807, 2.05) is 4.90 Å². The van der Waals surface area contributed by atoms with Crippen LogP contribution in [-0.4, -0.2) is 24.1 Å². The first kappa shape index (κ1) is 13.1. The maximum atomic E-state index is 11.1. The minimum absolute atomic E-state index is 0.0582. The molecule has 1 unspecified atom stereocenters. The van der Waals surface area contributed by atoms with Gasteiger partial charge in [-0.25, -0.2) is 0 Å². The lowest BCUT2D eigenvalue weighted by Crippen LogP contribution is -2.44. The van der Waals surface area contributed by atoms with Crippen molar-refractivity contribution in [3.8, 4) is 0 Å². The highest BCUT2D eigenvalue weighted by Gasteiger charge is 2.27. The summed E-state index contributed by atoms with van der Waals surface area (Å²) in [6.07, 6.45) is 3.15. The second-order valence-electron chi connectivity index (χ2n) is 4.47. The molecule has 2 N–H and O–H groups in total. The fourth-order valence-electron chi connectivity index (χ4n) is 2.45. The van der Waals surface area contributed by atoms with Crippen LogP contribution >= 0.6 is 11.6 Å². The summed E-state index contributed by atoms with van der Waals surface area (Å²) < 4.78 is 0. The van der Waals surface area contributed by atoms with Gasteiger partial charge in [0.05, 0.1) is 4.92 Å². The Hall–Kier alpha value is -1.33. The van der Waals surface area contributed by atoms with Crippen molar-refractivity contribution in [3.63, 3.8) is 0 Å². The van der Waals surface area contributed by atoms with Gasteiger partial charge in [0.15, 0.2) is 0 Å². The first-order chi connectivity index (χ1) is 8.63. The Morgan fingerprint density at radius 2 is 2.28 bits per heavy atom. The highest BCUT2D eigenvalue weighted by molar-refractivity contribution is 6.30. The number of nitro benzene ring substituents is 1. The summed E-state index contributed by atoms with van der Waals surface area (Å²) in [5, 5.41) is 11.5. The molecule has 18 heavy (non-hydrogen) atoms. The van der Waals surface area contributed by atoms with Crippen molar-refractivity contribution in [2.45, 2.75) is 25.3 Å². The number of nitrogens with two attached hydrogens (primary N) is 1. The first-order valence-corrected chi connectivity index (χ1v) is 6.42. The highest BCUT2D eigenvalue weighted by Crippen LogP contribution is 2.34. The number of benzene rings is 1. The molecule has 5 nitrogen and oxygen atoms in total. The zero-order valence-corrected chi connectivity index (χ0v) is 10.8. The number of hydrogen-bond donors (Lipinski definition) is 1. The van der Waals surface area contributed by atoms with E-state index < -0.39 is 0 Å². The Morgan fingerprint density at radius 3 is 2.94 bits per heavy atom. The average molecular weight is 270 g/mol. The van der Waals surface area contributed by atoms with Crippen molar-refractivity contribution in [1.29, 1.82) is 0 Å². The second-order valence-corrected chi connectivity index (χ2v) is 4.91. The zero-order chi connectivity index (χ0) is 13.1. The van der Waals surface area contributed by atoms with Crippen LogP contribution in [0.25, 0.3) is 0 Å². The van der Waals surface area contributed by atoms with Crippen LogP contribution in [-0.2, 0) is 0 Å². The molecule has 1 aromatic rings. The average Bonchev–Trinajstić information content (AvgIpc) is 2.38. The predicted molar refractivity (Wildman–Crippen MR) is 72.1 cm³/mol. The van der Waals surface area contributed by atoms with Crippen LogP contribution in [0.3, 0.4) is 0 Å². The molecule has 1 atom stereocenters. The fourth-order valence-corrected chi connectivity index (χ4v) is 2.61. The summed E-state index contributed by atoms with van der Waals surface area (Å²) in [4.78, 5) is 12.8. The van der Waals surface area contributed by atoms with E-state index in [0.29, 0.717) is 17.3 Å². The first-order valence-electron chi connectivity index (χ1n) is 6.04. The number of nitro groups is 1. The maximum Gasteiger partial charge on any atom is 0.294 e. The monoisotopic (exact) mass is 269 g/mol. The number of anilines is 1. The van der Waals surface area contributed by atoms with Gasteiger partial charge >= 0.3 is 0 Å². The molecule has 1 aromatic carbocycles. The summed E-state index contributed by atoms with van der Waals surface area (Å²) in [5.41, 5.74) is 6.43. The topological polar surface area (TPSA) is 72.4 Å². The van der Waals surface area contributed by atoms with Gasteiger partial charge < -0.3 is 10.6 Å². The van der Waals surface area contributed by atoms with E-state index in [4.69, 9.17) is 17.3 Å². The lowest BCUT2D eigenvalue weighted by Gasteiger charge is -2.36. The SMILES string of the molecule is NCC1CCCCN1c1ccc(Cl)cc1[N+](=O)[O-]. The van der Waals surface area contributed by atoms with Gasteiger partial charge in [0.2, 0.25) is 0 Å². The van der Waals surface area contributed by atoms with Crippen LogP contribution in [0.5, 0.6) is 0 Å². The molecular weight excluding hydrogens is 254 g/mol. The lowest BCUT2D eigenvalue weighted by atomic mass is 10.0. The molecular formula is C12H16ClN3O2. The van der Waals surface area contributed by atoms with Crippen molar-refractivity contribution in [1.82, 2.24) is 0 Å². The molecule has 1 saturated heterocycles. The zero-order valence-electron chi connectivity index (χ0n) is 10.0. The quantitative estimate of drug-likeness (QED) is 0.676. The molecule has 1 heterocycles. The van der Waals surface area contributed by atoms with E-state index in [2.05, 4.69) is 0 Å². The van der Waals surface area contributed by atoms with Crippen LogP contribution in [0.15, 0.2) is 18.2 Å². The van der Waals surface area contributed by atoms with E-state index in [-0.39, 0.29) is 16.7 Å². The Kier molecular flexibility index (Phi) is 4.04. The van der Waals surface area contributed by atoms with Crippen molar-refractivity contribution in [2.24, 2.45) is 5.73 Å².